The highest BCUT2D eigenvalue weighted by molar-refractivity contribution is 5.78. The average molecular weight is 225 g/mol. The fourth-order valence-corrected chi connectivity index (χ4v) is 1.65. The van der Waals surface area contributed by atoms with Crippen LogP contribution in [0.1, 0.15) is 38.5 Å². The van der Waals surface area contributed by atoms with Crippen molar-refractivity contribution in [2.75, 3.05) is 6.61 Å². The summed E-state index contributed by atoms with van der Waals surface area (Å²) in [4.78, 5) is 11.8. The van der Waals surface area contributed by atoms with Gasteiger partial charge in [-0.15, -0.1) is 0 Å². The van der Waals surface area contributed by atoms with E-state index in [4.69, 9.17) is 4.42 Å². The molecule has 0 fully saturated rings. The lowest BCUT2D eigenvalue weighted by Crippen LogP contribution is -2.35. The van der Waals surface area contributed by atoms with E-state index < -0.39 is 6.04 Å². The van der Waals surface area contributed by atoms with Crippen molar-refractivity contribution in [2.45, 2.75) is 32.7 Å². The number of hydrogen-bond acceptors (Lipinski definition) is 3. The van der Waals surface area contributed by atoms with E-state index in [1.807, 2.05) is 13.8 Å². The van der Waals surface area contributed by atoms with E-state index >= 15 is 0 Å². The monoisotopic (exact) mass is 225 g/mol. The summed E-state index contributed by atoms with van der Waals surface area (Å²) in [5, 5.41) is 12.0. The van der Waals surface area contributed by atoms with Gasteiger partial charge in [0, 0.05) is 5.92 Å². The van der Waals surface area contributed by atoms with Crippen LogP contribution >= 0.6 is 0 Å². The molecule has 1 amide bonds. The highest BCUT2D eigenvalue weighted by Crippen LogP contribution is 2.15. The molecule has 1 atom stereocenters. The normalized spacial score (nSPS) is 12.8. The van der Waals surface area contributed by atoms with Gasteiger partial charge in [-0.3, -0.25) is 4.79 Å². The van der Waals surface area contributed by atoms with Gasteiger partial charge in [0.1, 0.15) is 11.8 Å². The molecule has 1 rings (SSSR count). The van der Waals surface area contributed by atoms with Gasteiger partial charge in [-0.25, -0.2) is 0 Å². The van der Waals surface area contributed by atoms with Gasteiger partial charge in [0.15, 0.2) is 0 Å². The Kier molecular flexibility index (Phi) is 5.05. The number of hydrogen-bond donors (Lipinski definition) is 2. The average Bonchev–Trinajstić information content (AvgIpc) is 2.81. The number of amides is 1. The molecule has 0 aliphatic carbocycles. The Morgan fingerprint density at radius 3 is 2.62 bits per heavy atom. The quantitative estimate of drug-likeness (QED) is 0.776. The number of aliphatic hydroxyl groups is 1. The maximum atomic E-state index is 11.8. The summed E-state index contributed by atoms with van der Waals surface area (Å²) >= 11 is 0. The fourth-order valence-electron chi connectivity index (χ4n) is 1.65. The number of aliphatic hydroxyl groups excluding tert-OH is 1. The van der Waals surface area contributed by atoms with Crippen molar-refractivity contribution in [3.8, 4) is 0 Å². The molecule has 1 unspecified atom stereocenters. The maximum Gasteiger partial charge on any atom is 0.223 e. The van der Waals surface area contributed by atoms with E-state index in [1.165, 1.54) is 6.26 Å². The van der Waals surface area contributed by atoms with Crippen molar-refractivity contribution in [1.29, 1.82) is 0 Å². The summed E-state index contributed by atoms with van der Waals surface area (Å²) < 4.78 is 5.16. The van der Waals surface area contributed by atoms with Gasteiger partial charge in [-0.05, 0) is 25.0 Å². The molecule has 0 spiro atoms. The molecule has 0 radical (unpaired) electrons. The smallest absolute Gasteiger partial charge is 0.223 e. The summed E-state index contributed by atoms with van der Waals surface area (Å²) in [5.41, 5.74) is 0. The topological polar surface area (TPSA) is 62.5 Å². The van der Waals surface area contributed by atoms with E-state index in [-0.39, 0.29) is 18.4 Å². The zero-order valence-corrected chi connectivity index (χ0v) is 9.77. The van der Waals surface area contributed by atoms with Crippen molar-refractivity contribution in [3.05, 3.63) is 24.2 Å². The van der Waals surface area contributed by atoms with Crippen LogP contribution < -0.4 is 5.32 Å². The largest absolute Gasteiger partial charge is 0.467 e. The van der Waals surface area contributed by atoms with Crippen LogP contribution in [0.4, 0.5) is 0 Å². The molecular formula is C12H19NO3. The molecular weight excluding hydrogens is 206 g/mol. The zero-order valence-electron chi connectivity index (χ0n) is 9.77. The molecule has 0 aromatic carbocycles. The molecule has 1 aromatic heterocycles. The third-order valence-corrected chi connectivity index (χ3v) is 2.74. The second-order valence-electron chi connectivity index (χ2n) is 3.77. The van der Waals surface area contributed by atoms with Gasteiger partial charge in [-0.1, -0.05) is 13.8 Å². The Balaban J connectivity index is 2.60. The van der Waals surface area contributed by atoms with Gasteiger partial charge in [0.25, 0.3) is 0 Å². The van der Waals surface area contributed by atoms with Crippen molar-refractivity contribution >= 4 is 5.91 Å². The first-order valence-electron chi connectivity index (χ1n) is 5.67. The minimum Gasteiger partial charge on any atom is -0.467 e. The lowest BCUT2D eigenvalue weighted by molar-refractivity contribution is -0.126. The molecule has 16 heavy (non-hydrogen) atoms. The molecule has 1 heterocycles. The van der Waals surface area contributed by atoms with Gasteiger partial charge >= 0.3 is 0 Å². The Morgan fingerprint density at radius 1 is 1.50 bits per heavy atom. The Bertz CT molecular complexity index is 304. The van der Waals surface area contributed by atoms with Crippen LogP contribution in [0.15, 0.2) is 22.8 Å². The highest BCUT2D eigenvalue weighted by atomic mass is 16.3. The SMILES string of the molecule is CCC(CC)C(=O)NC(CO)c1ccco1. The first-order chi connectivity index (χ1) is 7.72. The van der Waals surface area contributed by atoms with Gasteiger partial charge < -0.3 is 14.8 Å². The standard InChI is InChI=1S/C12H19NO3/c1-3-9(4-2)12(15)13-10(8-14)11-6-5-7-16-11/h5-7,9-10,14H,3-4,8H2,1-2H3,(H,13,15). The summed E-state index contributed by atoms with van der Waals surface area (Å²) in [5.74, 6) is 0.561. The summed E-state index contributed by atoms with van der Waals surface area (Å²) in [6, 6.07) is 3.04. The van der Waals surface area contributed by atoms with Crippen LogP contribution in [0, 0.1) is 5.92 Å². The second-order valence-corrected chi connectivity index (χ2v) is 3.77. The Labute approximate surface area is 95.7 Å². The fraction of sp³-hybridized carbons (Fsp3) is 0.583. The number of carbonyl (C=O) groups excluding carboxylic acids is 1. The predicted molar refractivity (Wildman–Crippen MR) is 60.7 cm³/mol. The van der Waals surface area contributed by atoms with Crippen LogP contribution in [0.3, 0.4) is 0 Å². The minimum absolute atomic E-state index is 0.00372. The predicted octanol–water partition coefficient (Wildman–Crippen LogP) is 1.87. The van der Waals surface area contributed by atoms with E-state index in [1.54, 1.807) is 12.1 Å². The highest BCUT2D eigenvalue weighted by Gasteiger charge is 2.20. The van der Waals surface area contributed by atoms with Crippen molar-refractivity contribution < 1.29 is 14.3 Å². The van der Waals surface area contributed by atoms with E-state index in [2.05, 4.69) is 5.32 Å². The molecule has 2 N–H and O–H groups in total. The number of nitrogens with one attached hydrogen (secondary N) is 1. The van der Waals surface area contributed by atoms with Gasteiger partial charge in [0.2, 0.25) is 5.91 Å². The van der Waals surface area contributed by atoms with Crippen LogP contribution in [0.2, 0.25) is 0 Å². The van der Waals surface area contributed by atoms with Crippen LogP contribution in [0.5, 0.6) is 0 Å². The third-order valence-electron chi connectivity index (χ3n) is 2.74. The van der Waals surface area contributed by atoms with Crippen LogP contribution in [0.25, 0.3) is 0 Å². The van der Waals surface area contributed by atoms with Crippen molar-refractivity contribution in [2.24, 2.45) is 5.92 Å². The minimum atomic E-state index is -0.442. The Hall–Kier alpha value is -1.29. The summed E-state index contributed by atoms with van der Waals surface area (Å²) in [6.07, 6.45) is 3.14. The molecule has 0 aliphatic rings. The van der Waals surface area contributed by atoms with Crippen molar-refractivity contribution in [3.63, 3.8) is 0 Å². The summed E-state index contributed by atoms with van der Waals surface area (Å²) in [6.45, 7) is 3.81. The van der Waals surface area contributed by atoms with E-state index in [0.717, 1.165) is 12.8 Å². The van der Waals surface area contributed by atoms with Crippen molar-refractivity contribution in [1.82, 2.24) is 5.32 Å². The molecule has 90 valence electrons. The molecule has 0 saturated carbocycles. The lowest BCUT2D eigenvalue weighted by Gasteiger charge is -2.18. The van der Waals surface area contributed by atoms with Crippen LogP contribution in [-0.2, 0) is 4.79 Å². The number of furan rings is 1. The van der Waals surface area contributed by atoms with E-state index in [0.29, 0.717) is 5.76 Å². The Morgan fingerprint density at radius 2 is 2.19 bits per heavy atom. The zero-order chi connectivity index (χ0) is 12.0. The van der Waals surface area contributed by atoms with Crippen LogP contribution in [-0.4, -0.2) is 17.6 Å². The second kappa shape index (κ2) is 6.33. The van der Waals surface area contributed by atoms with E-state index in [9.17, 15) is 9.90 Å². The first kappa shape index (κ1) is 12.8. The first-order valence-corrected chi connectivity index (χ1v) is 5.67. The summed E-state index contributed by atoms with van der Waals surface area (Å²) in [7, 11) is 0. The third kappa shape index (κ3) is 3.10. The molecule has 0 aliphatic heterocycles. The molecule has 4 heteroatoms. The van der Waals surface area contributed by atoms with Gasteiger partial charge in [0.05, 0.1) is 12.9 Å². The number of rotatable bonds is 6. The number of carbonyl (C=O) groups is 1. The lowest BCUT2D eigenvalue weighted by atomic mass is 10.0. The molecule has 0 bridgehead atoms. The van der Waals surface area contributed by atoms with Gasteiger partial charge in [-0.2, -0.15) is 0 Å². The molecule has 0 saturated heterocycles. The molecule has 1 aromatic rings. The molecule has 4 nitrogen and oxygen atoms in total. The maximum absolute atomic E-state index is 11.8.